The molecular weight excluding hydrogens is 288 g/mol. The van der Waals surface area contributed by atoms with Gasteiger partial charge in [0.15, 0.2) is 0 Å². The second-order valence-electron chi connectivity index (χ2n) is 7.03. The molecule has 1 unspecified atom stereocenters. The van der Waals surface area contributed by atoms with Crippen molar-refractivity contribution in [2.24, 2.45) is 0 Å². The number of hydrogen-bond donors (Lipinski definition) is 0. The number of fused-ring (bicyclic) bond motifs is 4. The van der Waals surface area contributed by atoms with Crippen LogP contribution in [-0.2, 0) is 0 Å². The fraction of sp³-hybridized carbons (Fsp3) is 0.167. The van der Waals surface area contributed by atoms with Crippen LogP contribution in [0.3, 0.4) is 0 Å². The molecule has 0 amide bonds. The number of rotatable bonds is 2. The van der Waals surface area contributed by atoms with Gasteiger partial charge < -0.3 is 0 Å². The van der Waals surface area contributed by atoms with Crippen LogP contribution < -0.4 is 0 Å². The van der Waals surface area contributed by atoms with E-state index >= 15 is 0 Å². The maximum Gasteiger partial charge on any atom is 0.0110 e. The Morgan fingerprint density at radius 1 is 0.625 bits per heavy atom. The van der Waals surface area contributed by atoms with Crippen molar-refractivity contribution in [3.8, 4) is 11.1 Å². The SMILES string of the molecule is CC1=Cc2ccccc2C1CC1c2ccccc2-c2ccccc21. The van der Waals surface area contributed by atoms with E-state index in [1.807, 2.05) is 0 Å². The highest BCUT2D eigenvalue weighted by Gasteiger charge is 2.32. The highest BCUT2D eigenvalue weighted by Crippen LogP contribution is 2.51. The van der Waals surface area contributed by atoms with Gasteiger partial charge in [-0.05, 0) is 46.7 Å². The van der Waals surface area contributed by atoms with Crippen LogP contribution in [0.5, 0.6) is 0 Å². The summed E-state index contributed by atoms with van der Waals surface area (Å²) >= 11 is 0. The van der Waals surface area contributed by atoms with Crippen molar-refractivity contribution < 1.29 is 0 Å². The first-order valence-corrected chi connectivity index (χ1v) is 8.78. The largest absolute Gasteiger partial charge is 0.0652 e. The predicted molar refractivity (Wildman–Crippen MR) is 101 cm³/mol. The minimum absolute atomic E-state index is 0.497. The lowest BCUT2D eigenvalue weighted by molar-refractivity contribution is 0.652. The molecule has 2 aliphatic carbocycles. The second-order valence-corrected chi connectivity index (χ2v) is 7.03. The van der Waals surface area contributed by atoms with E-state index in [2.05, 4.69) is 85.8 Å². The van der Waals surface area contributed by atoms with Gasteiger partial charge in [-0.15, -0.1) is 0 Å². The summed E-state index contributed by atoms with van der Waals surface area (Å²) in [4.78, 5) is 0. The maximum atomic E-state index is 2.37. The van der Waals surface area contributed by atoms with Gasteiger partial charge in [0.1, 0.15) is 0 Å². The summed E-state index contributed by atoms with van der Waals surface area (Å²) in [7, 11) is 0. The molecule has 0 aromatic heterocycles. The molecule has 0 bridgehead atoms. The molecule has 0 nitrogen and oxygen atoms in total. The van der Waals surface area contributed by atoms with Crippen molar-refractivity contribution in [2.75, 3.05) is 0 Å². The van der Waals surface area contributed by atoms with E-state index < -0.39 is 0 Å². The van der Waals surface area contributed by atoms with Crippen LogP contribution in [-0.4, -0.2) is 0 Å². The van der Waals surface area contributed by atoms with Gasteiger partial charge in [0, 0.05) is 11.8 Å². The van der Waals surface area contributed by atoms with Crippen LogP contribution in [0.1, 0.15) is 47.4 Å². The van der Waals surface area contributed by atoms with Gasteiger partial charge in [0.05, 0.1) is 0 Å². The minimum Gasteiger partial charge on any atom is -0.0652 e. The fourth-order valence-electron chi connectivity index (χ4n) is 4.61. The zero-order chi connectivity index (χ0) is 16.1. The number of benzene rings is 3. The van der Waals surface area contributed by atoms with Crippen molar-refractivity contribution in [1.29, 1.82) is 0 Å². The van der Waals surface area contributed by atoms with E-state index in [4.69, 9.17) is 0 Å². The molecular formula is C24H20. The third kappa shape index (κ3) is 1.93. The van der Waals surface area contributed by atoms with E-state index in [1.54, 1.807) is 0 Å². The highest BCUT2D eigenvalue weighted by atomic mass is 14.4. The van der Waals surface area contributed by atoms with Crippen LogP contribution in [0.2, 0.25) is 0 Å². The van der Waals surface area contributed by atoms with Crippen molar-refractivity contribution in [3.63, 3.8) is 0 Å². The predicted octanol–water partition coefficient (Wildman–Crippen LogP) is 6.39. The molecule has 1 atom stereocenters. The van der Waals surface area contributed by atoms with E-state index in [0.717, 1.165) is 6.42 Å². The minimum atomic E-state index is 0.497. The smallest absolute Gasteiger partial charge is 0.0110 e. The van der Waals surface area contributed by atoms with Gasteiger partial charge in [0.25, 0.3) is 0 Å². The normalized spacial score (nSPS) is 18.0. The lowest BCUT2D eigenvalue weighted by Crippen LogP contribution is -2.05. The van der Waals surface area contributed by atoms with Crippen LogP contribution in [0, 0.1) is 0 Å². The van der Waals surface area contributed by atoms with Gasteiger partial charge in [-0.2, -0.15) is 0 Å². The molecule has 3 aromatic rings. The molecule has 0 heterocycles. The first-order chi connectivity index (χ1) is 11.8. The molecule has 0 saturated heterocycles. The van der Waals surface area contributed by atoms with E-state index in [0.29, 0.717) is 11.8 Å². The quantitative estimate of drug-likeness (QED) is 0.514. The van der Waals surface area contributed by atoms with Crippen LogP contribution in [0.25, 0.3) is 17.2 Å². The summed E-state index contributed by atoms with van der Waals surface area (Å²) in [6.45, 7) is 2.29. The van der Waals surface area contributed by atoms with E-state index in [1.165, 1.54) is 39.0 Å². The van der Waals surface area contributed by atoms with Crippen LogP contribution in [0.15, 0.2) is 78.4 Å². The van der Waals surface area contributed by atoms with Gasteiger partial charge in [-0.3, -0.25) is 0 Å². The van der Waals surface area contributed by atoms with Crippen LogP contribution >= 0.6 is 0 Å². The molecule has 0 spiro atoms. The van der Waals surface area contributed by atoms with Gasteiger partial charge in [0.2, 0.25) is 0 Å². The first kappa shape index (κ1) is 13.8. The molecule has 0 fully saturated rings. The lowest BCUT2D eigenvalue weighted by Gasteiger charge is -2.21. The summed E-state index contributed by atoms with van der Waals surface area (Å²) in [6.07, 6.45) is 3.53. The number of allylic oxidation sites excluding steroid dienone is 1. The average Bonchev–Trinajstić information content (AvgIpc) is 3.11. The topological polar surface area (TPSA) is 0 Å². The van der Waals surface area contributed by atoms with Gasteiger partial charge in [-0.25, -0.2) is 0 Å². The molecule has 3 aromatic carbocycles. The van der Waals surface area contributed by atoms with E-state index in [-0.39, 0.29) is 0 Å². The summed E-state index contributed by atoms with van der Waals surface area (Å²) in [6, 6.07) is 26.8. The molecule has 0 saturated carbocycles. The molecule has 0 radical (unpaired) electrons. The molecule has 0 aliphatic heterocycles. The molecule has 0 heteroatoms. The summed E-state index contributed by atoms with van der Waals surface area (Å²) in [5, 5.41) is 0. The molecule has 2 aliphatic rings. The van der Waals surface area contributed by atoms with Crippen molar-refractivity contribution in [1.82, 2.24) is 0 Å². The Kier molecular flexibility index (Phi) is 2.99. The molecule has 0 N–H and O–H groups in total. The third-order valence-electron chi connectivity index (χ3n) is 5.74. The zero-order valence-corrected chi connectivity index (χ0v) is 13.9. The summed E-state index contributed by atoms with van der Waals surface area (Å²) in [5.41, 5.74) is 10.2. The average molecular weight is 308 g/mol. The Hall–Kier alpha value is -2.60. The third-order valence-corrected chi connectivity index (χ3v) is 5.74. The second kappa shape index (κ2) is 5.21. The van der Waals surface area contributed by atoms with Gasteiger partial charge >= 0.3 is 0 Å². The van der Waals surface area contributed by atoms with Crippen molar-refractivity contribution >= 4 is 6.08 Å². The highest BCUT2D eigenvalue weighted by molar-refractivity contribution is 5.79. The Labute approximate surface area is 143 Å². The summed E-state index contributed by atoms with van der Waals surface area (Å²) in [5.74, 6) is 1.03. The molecule has 24 heavy (non-hydrogen) atoms. The summed E-state index contributed by atoms with van der Waals surface area (Å²) < 4.78 is 0. The first-order valence-electron chi connectivity index (χ1n) is 8.78. The standard InChI is InChI=1S/C24H20/c1-16-14-17-8-2-3-9-18(17)23(16)15-24-21-12-6-4-10-19(21)20-11-5-7-13-22(20)24/h2-14,23-24H,15H2,1H3. The van der Waals surface area contributed by atoms with E-state index in [9.17, 15) is 0 Å². The lowest BCUT2D eigenvalue weighted by atomic mass is 9.82. The fourth-order valence-corrected chi connectivity index (χ4v) is 4.61. The number of hydrogen-bond acceptors (Lipinski definition) is 0. The van der Waals surface area contributed by atoms with Gasteiger partial charge in [-0.1, -0.05) is 84.4 Å². The Morgan fingerprint density at radius 2 is 1.17 bits per heavy atom. The Morgan fingerprint density at radius 3 is 1.83 bits per heavy atom. The van der Waals surface area contributed by atoms with Crippen molar-refractivity contribution in [2.45, 2.75) is 25.2 Å². The van der Waals surface area contributed by atoms with Crippen molar-refractivity contribution in [3.05, 3.63) is 101 Å². The Balaban J connectivity index is 1.60. The monoisotopic (exact) mass is 308 g/mol. The molecule has 5 rings (SSSR count). The Bertz CT molecular complexity index is 916. The molecule has 116 valence electrons. The zero-order valence-electron chi connectivity index (χ0n) is 13.9. The maximum absolute atomic E-state index is 2.37. The van der Waals surface area contributed by atoms with Crippen LogP contribution in [0.4, 0.5) is 0 Å².